The molecule has 0 amide bonds. The number of hydrogen-bond donors (Lipinski definition) is 0. The Kier molecular flexibility index (Phi) is 7.42. The van der Waals surface area contributed by atoms with E-state index in [1.54, 1.807) is 0 Å². The predicted octanol–water partition coefficient (Wildman–Crippen LogP) is 12.2. The van der Waals surface area contributed by atoms with Crippen molar-refractivity contribution < 1.29 is 0 Å². The third-order valence-electron chi connectivity index (χ3n) is 13.3. The van der Waals surface area contributed by atoms with Gasteiger partial charge in [0.15, 0.2) is 11.6 Å². The zero-order valence-corrected chi connectivity index (χ0v) is 32.8. The van der Waals surface area contributed by atoms with Crippen LogP contribution in [-0.2, 0) is 0 Å². The largest absolute Gasteiger partial charge is 0.357 e. The van der Waals surface area contributed by atoms with Crippen LogP contribution in [0.3, 0.4) is 0 Å². The van der Waals surface area contributed by atoms with E-state index in [-0.39, 0.29) is 17.5 Å². The molecule has 4 unspecified atom stereocenters. The van der Waals surface area contributed by atoms with E-state index in [2.05, 4.69) is 199 Å². The predicted molar refractivity (Wildman–Crippen MR) is 243 cm³/mol. The van der Waals surface area contributed by atoms with E-state index < -0.39 is 0 Å². The number of allylic oxidation sites excluding steroid dienone is 4. The lowest BCUT2D eigenvalue weighted by atomic mass is 9.59. The van der Waals surface area contributed by atoms with Gasteiger partial charge in [-0.15, -0.1) is 10.2 Å². The summed E-state index contributed by atoms with van der Waals surface area (Å²) in [7, 11) is 0. The fourth-order valence-electron chi connectivity index (χ4n) is 10.5. The molecule has 4 atom stereocenters. The molecule has 282 valence electrons. The maximum absolute atomic E-state index is 5.51. The average Bonchev–Trinajstić information content (AvgIpc) is 3.70. The quantitative estimate of drug-likeness (QED) is 0.132. The standard InChI is InChI=1S/C53H40N6/c1-53(2)43-23-11-13-25-45(43)58(46-26-14-12-24-44(46)53)36-29-27-33(28-30-36)52-55-49-41-21-9-7-19-39(41)40-20-8-10-22-42(40)50(49)59(52)47-32-54-51(57-56-47)48-37-17-5-3-15-34(37)31-35-16-4-6-18-38(35)48/h3-32,43-46H,1-2H3. The Labute approximate surface area is 342 Å². The van der Waals surface area contributed by atoms with Crippen LogP contribution in [0.15, 0.2) is 182 Å². The Morgan fingerprint density at radius 2 is 1.08 bits per heavy atom. The minimum Gasteiger partial charge on any atom is -0.357 e. The number of piperidine rings is 1. The number of hydrogen-bond acceptors (Lipinski definition) is 5. The van der Waals surface area contributed by atoms with Crippen LogP contribution in [0.5, 0.6) is 0 Å². The number of fused-ring (bicyclic) bond motifs is 10. The molecular weight excluding hydrogens is 721 g/mol. The molecule has 0 saturated carbocycles. The second-order valence-electron chi connectivity index (χ2n) is 16.7. The molecule has 12 rings (SSSR count). The molecule has 2 aromatic heterocycles. The Morgan fingerprint density at radius 1 is 0.542 bits per heavy atom. The van der Waals surface area contributed by atoms with E-state index in [9.17, 15) is 0 Å². The number of anilines is 1. The van der Waals surface area contributed by atoms with Crippen LogP contribution >= 0.6 is 0 Å². The summed E-state index contributed by atoms with van der Waals surface area (Å²) in [5.74, 6) is 2.77. The topological polar surface area (TPSA) is 59.7 Å². The van der Waals surface area contributed by atoms with Crippen molar-refractivity contribution in [3.05, 3.63) is 182 Å². The smallest absolute Gasteiger partial charge is 0.183 e. The first-order valence-electron chi connectivity index (χ1n) is 20.6. The van der Waals surface area contributed by atoms with Crippen LogP contribution in [0.25, 0.3) is 82.7 Å². The molecule has 3 heterocycles. The van der Waals surface area contributed by atoms with Gasteiger partial charge in [-0.1, -0.05) is 160 Å². The molecule has 9 aromatic rings. The van der Waals surface area contributed by atoms with Crippen molar-refractivity contribution in [2.24, 2.45) is 17.3 Å². The van der Waals surface area contributed by atoms with Crippen LogP contribution in [0.4, 0.5) is 5.69 Å². The highest BCUT2D eigenvalue weighted by atomic mass is 15.3. The lowest BCUT2D eigenvalue weighted by Crippen LogP contribution is -2.61. The Bertz CT molecular complexity index is 3180. The molecule has 1 saturated heterocycles. The third-order valence-corrected chi connectivity index (χ3v) is 13.3. The van der Waals surface area contributed by atoms with Gasteiger partial charge in [0.05, 0.1) is 29.3 Å². The Hall–Kier alpha value is -7.18. The summed E-state index contributed by atoms with van der Waals surface area (Å²) in [6.45, 7) is 4.87. The van der Waals surface area contributed by atoms with Crippen molar-refractivity contribution in [1.29, 1.82) is 0 Å². The van der Waals surface area contributed by atoms with Gasteiger partial charge in [0.2, 0.25) is 0 Å². The van der Waals surface area contributed by atoms with Crippen molar-refractivity contribution in [3.8, 4) is 28.6 Å². The van der Waals surface area contributed by atoms with Crippen molar-refractivity contribution in [2.75, 3.05) is 4.90 Å². The molecule has 6 heteroatoms. The first-order valence-corrected chi connectivity index (χ1v) is 20.6. The number of benzene rings is 7. The van der Waals surface area contributed by atoms with Gasteiger partial charge >= 0.3 is 0 Å². The van der Waals surface area contributed by atoms with Crippen LogP contribution in [0, 0.1) is 17.3 Å². The van der Waals surface area contributed by atoms with E-state index >= 15 is 0 Å². The molecule has 7 aromatic carbocycles. The highest BCUT2D eigenvalue weighted by molar-refractivity contribution is 6.24. The average molecular weight is 761 g/mol. The monoisotopic (exact) mass is 760 g/mol. The van der Waals surface area contributed by atoms with Gasteiger partial charge in [0, 0.05) is 39.4 Å². The van der Waals surface area contributed by atoms with Crippen LogP contribution < -0.4 is 4.90 Å². The lowest BCUT2D eigenvalue weighted by Gasteiger charge is -2.58. The molecule has 0 N–H and O–H groups in total. The van der Waals surface area contributed by atoms with Crippen LogP contribution in [0.1, 0.15) is 13.8 Å². The number of rotatable bonds is 4. The van der Waals surface area contributed by atoms with Crippen molar-refractivity contribution >= 4 is 59.8 Å². The molecule has 0 bridgehead atoms. The molecule has 59 heavy (non-hydrogen) atoms. The number of imidazole rings is 1. The Balaban J connectivity index is 1.05. The lowest BCUT2D eigenvalue weighted by molar-refractivity contribution is 0.109. The molecule has 1 aliphatic heterocycles. The van der Waals surface area contributed by atoms with Crippen LogP contribution in [0.2, 0.25) is 0 Å². The van der Waals surface area contributed by atoms with Gasteiger partial charge in [-0.25, -0.2) is 9.97 Å². The van der Waals surface area contributed by atoms with Crippen molar-refractivity contribution in [1.82, 2.24) is 24.7 Å². The summed E-state index contributed by atoms with van der Waals surface area (Å²) in [6, 6.07) is 45.8. The third kappa shape index (κ3) is 5.05. The highest BCUT2D eigenvalue weighted by Crippen LogP contribution is 2.52. The summed E-state index contributed by atoms with van der Waals surface area (Å²) in [4.78, 5) is 13.2. The fourth-order valence-corrected chi connectivity index (χ4v) is 10.5. The second-order valence-corrected chi connectivity index (χ2v) is 16.7. The first-order chi connectivity index (χ1) is 29.0. The van der Waals surface area contributed by atoms with E-state index in [1.807, 2.05) is 6.20 Å². The molecule has 6 nitrogen and oxygen atoms in total. The van der Waals surface area contributed by atoms with Crippen LogP contribution in [-0.4, -0.2) is 36.8 Å². The van der Waals surface area contributed by atoms with Gasteiger partial charge < -0.3 is 4.90 Å². The molecule has 0 radical (unpaired) electrons. The minimum absolute atomic E-state index is 0.107. The number of aromatic nitrogens is 5. The SMILES string of the molecule is CC1(C)C2C=CC=CC2N(c2ccc(-c3nc4c5ccccc5c5ccccc5c4n3-c3cnc(-c4c5ccccc5cc5ccccc45)nn3)cc2)C2C=CC=CC21. The normalized spacial score (nSPS) is 20.5. The zero-order valence-electron chi connectivity index (χ0n) is 32.8. The van der Waals surface area contributed by atoms with E-state index in [1.165, 1.54) is 16.5 Å². The van der Waals surface area contributed by atoms with E-state index in [0.29, 0.717) is 23.5 Å². The molecular formula is C53H40N6. The second kappa shape index (κ2) is 12.9. The fraction of sp³-hybridized carbons (Fsp3) is 0.132. The van der Waals surface area contributed by atoms with Crippen molar-refractivity contribution in [3.63, 3.8) is 0 Å². The molecule has 3 aliphatic rings. The van der Waals surface area contributed by atoms with Gasteiger partial charge in [0.1, 0.15) is 5.82 Å². The highest BCUT2D eigenvalue weighted by Gasteiger charge is 2.51. The summed E-state index contributed by atoms with van der Waals surface area (Å²) in [6.07, 6.45) is 20.3. The van der Waals surface area contributed by atoms with E-state index in [4.69, 9.17) is 20.2 Å². The summed E-state index contributed by atoms with van der Waals surface area (Å²) >= 11 is 0. The molecule has 1 fully saturated rings. The van der Waals surface area contributed by atoms with E-state index in [0.717, 1.165) is 60.3 Å². The first kappa shape index (κ1) is 33.9. The maximum atomic E-state index is 5.51. The van der Waals surface area contributed by atoms with Gasteiger partial charge in [-0.05, 0) is 68.1 Å². The molecule has 0 spiro atoms. The number of nitrogens with zero attached hydrogens (tertiary/aromatic N) is 6. The minimum atomic E-state index is 0.107. The molecule has 2 aliphatic carbocycles. The summed E-state index contributed by atoms with van der Waals surface area (Å²) < 4.78 is 2.17. The summed E-state index contributed by atoms with van der Waals surface area (Å²) in [5, 5.41) is 18.9. The Morgan fingerprint density at radius 3 is 1.69 bits per heavy atom. The zero-order chi connectivity index (χ0) is 39.2. The summed E-state index contributed by atoms with van der Waals surface area (Å²) in [5.41, 5.74) is 5.19. The maximum Gasteiger partial charge on any atom is 0.183 e. The van der Waals surface area contributed by atoms with Gasteiger partial charge in [-0.2, -0.15) is 0 Å². The van der Waals surface area contributed by atoms with Gasteiger partial charge in [-0.3, -0.25) is 4.57 Å². The van der Waals surface area contributed by atoms with Crippen molar-refractivity contribution in [2.45, 2.75) is 25.9 Å². The van der Waals surface area contributed by atoms with Gasteiger partial charge in [0.25, 0.3) is 0 Å².